The molecule has 0 aliphatic carbocycles. The van der Waals surface area contributed by atoms with Crippen molar-refractivity contribution < 1.29 is 0 Å². The Morgan fingerprint density at radius 1 is 1.27 bits per heavy atom. The molecule has 0 aromatic rings. The van der Waals surface area contributed by atoms with E-state index in [-0.39, 0.29) is 0 Å². The lowest BCUT2D eigenvalue weighted by Gasteiger charge is -2.33. The van der Waals surface area contributed by atoms with E-state index < -0.39 is 0 Å². The van der Waals surface area contributed by atoms with Gasteiger partial charge in [-0.1, -0.05) is 5.92 Å². The second-order valence-corrected chi connectivity index (χ2v) is 4.66. The topological polar surface area (TPSA) is 15.3 Å². The predicted molar refractivity (Wildman–Crippen MR) is 65.8 cm³/mol. The van der Waals surface area contributed by atoms with E-state index in [9.17, 15) is 0 Å². The average Bonchev–Trinajstić information content (AvgIpc) is 2.25. The van der Waals surface area contributed by atoms with E-state index in [4.69, 9.17) is 0 Å². The van der Waals surface area contributed by atoms with E-state index >= 15 is 0 Å². The van der Waals surface area contributed by atoms with E-state index in [2.05, 4.69) is 35.9 Å². The Balaban J connectivity index is 2.18. The van der Waals surface area contributed by atoms with Crippen LogP contribution in [0.5, 0.6) is 0 Å². The molecule has 0 radical (unpaired) electrons. The molecule has 0 saturated carbocycles. The van der Waals surface area contributed by atoms with Crippen molar-refractivity contribution in [2.75, 3.05) is 26.7 Å². The zero-order valence-electron chi connectivity index (χ0n) is 10.3. The van der Waals surface area contributed by atoms with Crippen LogP contribution in [0.15, 0.2) is 0 Å². The van der Waals surface area contributed by atoms with Gasteiger partial charge in [0, 0.05) is 12.5 Å². The standard InChI is InChI=1S/C13H24N2/c1-12(2)15-10-7-13(8-11-15)6-4-5-9-14-3/h12-14H,6-11H2,1-3H3. The summed E-state index contributed by atoms with van der Waals surface area (Å²) < 4.78 is 0. The minimum Gasteiger partial charge on any atom is -0.309 e. The molecule has 1 aliphatic rings. The zero-order valence-corrected chi connectivity index (χ0v) is 10.3. The lowest BCUT2D eigenvalue weighted by Crippen LogP contribution is -2.38. The maximum Gasteiger partial charge on any atom is 0.0574 e. The first-order valence-electron chi connectivity index (χ1n) is 6.08. The van der Waals surface area contributed by atoms with Gasteiger partial charge >= 0.3 is 0 Å². The molecule has 0 aromatic heterocycles. The van der Waals surface area contributed by atoms with Crippen molar-refractivity contribution in [1.82, 2.24) is 10.2 Å². The van der Waals surface area contributed by atoms with Gasteiger partial charge in [0.15, 0.2) is 0 Å². The Hall–Kier alpha value is -0.520. The maximum absolute atomic E-state index is 3.27. The summed E-state index contributed by atoms with van der Waals surface area (Å²) in [6, 6.07) is 0.710. The number of hydrogen-bond donors (Lipinski definition) is 1. The predicted octanol–water partition coefficient (Wildman–Crippen LogP) is 1.72. The lowest BCUT2D eigenvalue weighted by atomic mass is 9.93. The SMILES string of the molecule is CNCC#CCC1CCN(C(C)C)CC1. The van der Waals surface area contributed by atoms with E-state index in [0.717, 1.165) is 18.9 Å². The molecule has 0 aromatic carbocycles. The van der Waals surface area contributed by atoms with Crippen LogP contribution in [0.4, 0.5) is 0 Å². The molecule has 1 saturated heterocycles. The highest BCUT2D eigenvalue weighted by molar-refractivity contribution is 5.02. The highest BCUT2D eigenvalue weighted by Crippen LogP contribution is 2.21. The molecule has 0 bridgehead atoms. The highest BCUT2D eigenvalue weighted by atomic mass is 15.1. The minimum atomic E-state index is 0.710. The maximum atomic E-state index is 3.27. The number of rotatable bonds is 3. The first kappa shape index (κ1) is 12.5. The smallest absolute Gasteiger partial charge is 0.0574 e. The van der Waals surface area contributed by atoms with Crippen molar-refractivity contribution in [1.29, 1.82) is 0 Å². The Kier molecular flexibility index (Phi) is 5.75. The fourth-order valence-electron chi connectivity index (χ4n) is 2.04. The van der Waals surface area contributed by atoms with Gasteiger partial charge < -0.3 is 10.2 Å². The van der Waals surface area contributed by atoms with Gasteiger partial charge in [0.05, 0.1) is 6.54 Å². The van der Waals surface area contributed by atoms with Crippen LogP contribution in [-0.2, 0) is 0 Å². The molecule has 1 aliphatic heterocycles. The molecule has 1 heterocycles. The number of nitrogens with zero attached hydrogens (tertiary/aromatic N) is 1. The molecule has 1 fully saturated rings. The van der Waals surface area contributed by atoms with Gasteiger partial charge in [-0.25, -0.2) is 0 Å². The van der Waals surface area contributed by atoms with E-state index in [0.29, 0.717) is 6.04 Å². The summed E-state index contributed by atoms with van der Waals surface area (Å²) in [5.74, 6) is 7.25. The third kappa shape index (κ3) is 4.68. The second kappa shape index (κ2) is 6.87. The number of hydrogen-bond acceptors (Lipinski definition) is 2. The van der Waals surface area contributed by atoms with Gasteiger partial charge in [0.2, 0.25) is 0 Å². The van der Waals surface area contributed by atoms with Gasteiger partial charge in [-0.2, -0.15) is 0 Å². The van der Waals surface area contributed by atoms with Crippen LogP contribution in [-0.4, -0.2) is 37.6 Å². The first-order valence-corrected chi connectivity index (χ1v) is 6.08. The van der Waals surface area contributed by atoms with Crippen LogP contribution in [0.1, 0.15) is 33.1 Å². The Bertz CT molecular complexity index is 216. The Morgan fingerprint density at radius 3 is 2.47 bits per heavy atom. The summed E-state index contributed by atoms with van der Waals surface area (Å²) in [4.78, 5) is 2.57. The third-order valence-electron chi connectivity index (χ3n) is 3.16. The van der Waals surface area contributed by atoms with E-state index in [1.165, 1.54) is 25.9 Å². The van der Waals surface area contributed by atoms with Crippen molar-refractivity contribution >= 4 is 0 Å². The zero-order chi connectivity index (χ0) is 11.1. The number of nitrogens with one attached hydrogen (secondary N) is 1. The molecular formula is C13H24N2. The summed E-state index contributed by atoms with van der Waals surface area (Å²) in [5, 5.41) is 3.05. The third-order valence-corrected chi connectivity index (χ3v) is 3.16. The second-order valence-electron chi connectivity index (χ2n) is 4.66. The lowest BCUT2D eigenvalue weighted by molar-refractivity contribution is 0.151. The molecule has 0 amide bonds. The quantitative estimate of drug-likeness (QED) is 0.711. The Labute approximate surface area is 94.4 Å². The van der Waals surface area contributed by atoms with Gasteiger partial charge in [0.25, 0.3) is 0 Å². The molecule has 0 atom stereocenters. The van der Waals surface area contributed by atoms with Crippen LogP contribution >= 0.6 is 0 Å². The normalized spacial score (nSPS) is 18.9. The van der Waals surface area contributed by atoms with E-state index in [1.54, 1.807) is 0 Å². The molecule has 0 spiro atoms. The summed E-state index contributed by atoms with van der Waals surface area (Å²) in [5.41, 5.74) is 0. The molecule has 86 valence electrons. The van der Waals surface area contributed by atoms with E-state index in [1.807, 2.05) is 7.05 Å². The van der Waals surface area contributed by atoms with Crippen LogP contribution in [0.25, 0.3) is 0 Å². The van der Waals surface area contributed by atoms with Gasteiger partial charge in [-0.3, -0.25) is 0 Å². The van der Waals surface area contributed by atoms with Crippen molar-refractivity contribution in [3.8, 4) is 11.8 Å². The average molecular weight is 208 g/mol. The fourth-order valence-corrected chi connectivity index (χ4v) is 2.04. The number of likely N-dealkylation sites (tertiary alicyclic amines) is 1. The molecule has 2 nitrogen and oxygen atoms in total. The Morgan fingerprint density at radius 2 is 1.93 bits per heavy atom. The monoisotopic (exact) mass is 208 g/mol. The molecule has 2 heteroatoms. The van der Waals surface area contributed by atoms with Crippen LogP contribution in [0.2, 0.25) is 0 Å². The minimum absolute atomic E-state index is 0.710. The van der Waals surface area contributed by atoms with Crippen molar-refractivity contribution in [2.45, 2.75) is 39.2 Å². The summed E-state index contributed by atoms with van der Waals surface area (Å²) in [7, 11) is 1.94. The van der Waals surface area contributed by atoms with Crippen molar-refractivity contribution in [2.24, 2.45) is 5.92 Å². The van der Waals surface area contributed by atoms with Crippen molar-refractivity contribution in [3.05, 3.63) is 0 Å². The summed E-state index contributed by atoms with van der Waals surface area (Å²) in [6.07, 6.45) is 3.74. The molecule has 1 N–H and O–H groups in total. The van der Waals surface area contributed by atoms with Gasteiger partial charge in [0.1, 0.15) is 0 Å². The summed E-state index contributed by atoms with van der Waals surface area (Å²) in [6.45, 7) is 7.91. The molecular weight excluding hydrogens is 184 g/mol. The molecule has 1 rings (SSSR count). The summed E-state index contributed by atoms with van der Waals surface area (Å²) >= 11 is 0. The van der Waals surface area contributed by atoms with Crippen LogP contribution in [0, 0.1) is 17.8 Å². The highest BCUT2D eigenvalue weighted by Gasteiger charge is 2.19. The van der Waals surface area contributed by atoms with Crippen molar-refractivity contribution in [3.63, 3.8) is 0 Å². The van der Waals surface area contributed by atoms with Crippen LogP contribution in [0.3, 0.4) is 0 Å². The fraction of sp³-hybridized carbons (Fsp3) is 0.846. The van der Waals surface area contributed by atoms with Crippen LogP contribution < -0.4 is 5.32 Å². The van der Waals surface area contributed by atoms with Gasteiger partial charge in [-0.05, 0) is 52.7 Å². The number of piperidine rings is 1. The first-order chi connectivity index (χ1) is 7.24. The largest absolute Gasteiger partial charge is 0.309 e. The van der Waals surface area contributed by atoms with Gasteiger partial charge in [-0.15, -0.1) is 5.92 Å². The molecule has 0 unspecified atom stereocenters. The molecule has 15 heavy (non-hydrogen) atoms.